The highest BCUT2D eigenvalue weighted by Gasteiger charge is 2.19. The van der Waals surface area contributed by atoms with Gasteiger partial charge in [-0.3, -0.25) is 4.79 Å². The number of likely N-dealkylation sites (tertiary alicyclic amines) is 1. The second-order valence-electron chi connectivity index (χ2n) is 5.44. The molecule has 0 aliphatic carbocycles. The fourth-order valence-electron chi connectivity index (χ4n) is 2.56. The van der Waals surface area contributed by atoms with E-state index in [-0.39, 0.29) is 5.91 Å². The maximum atomic E-state index is 12.3. The molecule has 0 atom stereocenters. The van der Waals surface area contributed by atoms with Crippen LogP contribution in [0, 0.1) is 0 Å². The first-order chi connectivity index (χ1) is 9.72. The number of carbonyl (C=O) groups excluding carboxylic acids is 1. The Labute approximate surface area is 121 Å². The zero-order valence-corrected chi connectivity index (χ0v) is 12.3. The van der Waals surface area contributed by atoms with Crippen molar-refractivity contribution in [1.29, 1.82) is 0 Å². The molecule has 3 N–H and O–H groups in total. The third-order valence-corrected chi connectivity index (χ3v) is 3.79. The SMILES string of the molecule is CCCCCNc1ccc(C(=O)N2CCCC2)cc1N. The summed E-state index contributed by atoms with van der Waals surface area (Å²) in [5, 5.41) is 3.33. The van der Waals surface area contributed by atoms with Crippen molar-refractivity contribution in [1.82, 2.24) is 4.90 Å². The molecule has 0 unspecified atom stereocenters. The Kier molecular flexibility index (Phi) is 5.27. The van der Waals surface area contributed by atoms with Crippen LogP contribution in [-0.4, -0.2) is 30.4 Å². The van der Waals surface area contributed by atoms with Gasteiger partial charge in [0, 0.05) is 25.2 Å². The Bertz CT molecular complexity index is 453. The van der Waals surface area contributed by atoms with Gasteiger partial charge in [-0.15, -0.1) is 0 Å². The predicted molar refractivity (Wildman–Crippen MR) is 84.0 cm³/mol. The van der Waals surface area contributed by atoms with E-state index < -0.39 is 0 Å². The van der Waals surface area contributed by atoms with Crippen molar-refractivity contribution in [3.8, 4) is 0 Å². The summed E-state index contributed by atoms with van der Waals surface area (Å²) in [7, 11) is 0. The van der Waals surface area contributed by atoms with Gasteiger partial charge in [-0.1, -0.05) is 19.8 Å². The summed E-state index contributed by atoms with van der Waals surface area (Å²) in [6, 6.07) is 5.59. The molecular weight excluding hydrogens is 250 g/mol. The molecule has 0 aromatic heterocycles. The lowest BCUT2D eigenvalue weighted by Crippen LogP contribution is -2.27. The summed E-state index contributed by atoms with van der Waals surface area (Å²) >= 11 is 0. The van der Waals surface area contributed by atoms with Gasteiger partial charge >= 0.3 is 0 Å². The van der Waals surface area contributed by atoms with Crippen LogP contribution in [0.4, 0.5) is 11.4 Å². The predicted octanol–water partition coefficient (Wildman–Crippen LogP) is 3.11. The standard InChI is InChI=1S/C16H25N3O/c1-2-3-4-9-18-15-8-7-13(12-14(15)17)16(20)19-10-5-6-11-19/h7-8,12,18H,2-6,9-11,17H2,1H3. The first-order valence-electron chi connectivity index (χ1n) is 7.65. The molecule has 0 bridgehead atoms. The average molecular weight is 275 g/mol. The molecule has 1 heterocycles. The molecule has 1 fully saturated rings. The molecule has 0 saturated carbocycles. The largest absolute Gasteiger partial charge is 0.397 e. The Balaban J connectivity index is 1.96. The Hall–Kier alpha value is -1.71. The van der Waals surface area contributed by atoms with Gasteiger partial charge in [0.2, 0.25) is 0 Å². The van der Waals surface area contributed by atoms with Crippen molar-refractivity contribution < 1.29 is 4.79 Å². The Morgan fingerprint density at radius 1 is 1.30 bits per heavy atom. The van der Waals surface area contributed by atoms with Gasteiger partial charge in [-0.2, -0.15) is 0 Å². The zero-order chi connectivity index (χ0) is 14.4. The average Bonchev–Trinajstić information content (AvgIpc) is 2.98. The van der Waals surface area contributed by atoms with Crippen LogP contribution >= 0.6 is 0 Å². The van der Waals surface area contributed by atoms with Crippen LogP contribution in [0.2, 0.25) is 0 Å². The number of nitrogen functional groups attached to an aromatic ring is 1. The van der Waals surface area contributed by atoms with E-state index in [1.165, 1.54) is 12.8 Å². The number of nitrogens with zero attached hydrogens (tertiary/aromatic N) is 1. The van der Waals surface area contributed by atoms with Crippen LogP contribution in [-0.2, 0) is 0 Å². The highest BCUT2D eigenvalue weighted by Crippen LogP contribution is 2.22. The first-order valence-corrected chi connectivity index (χ1v) is 7.65. The molecule has 1 aromatic carbocycles. The normalized spacial score (nSPS) is 14.6. The minimum absolute atomic E-state index is 0.103. The molecule has 1 amide bonds. The maximum absolute atomic E-state index is 12.3. The third kappa shape index (κ3) is 3.65. The summed E-state index contributed by atoms with van der Waals surface area (Å²) in [4.78, 5) is 14.2. The van der Waals surface area contributed by atoms with Crippen molar-refractivity contribution in [2.24, 2.45) is 0 Å². The van der Waals surface area contributed by atoms with Gasteiger partial charge in [0.25, 0.3) is 5.91 Å². The second kappa shape index (κ2) is 7.17. The number of hydrogen-bond acceptors (Lipinski definition) is 3. The number of amides is 1. The number of nitrogens with two attached hydrogens (primary N) is 1. The number of benzene rings is 1. The van der Waals surface area contributed by atoms with Gasteiger partial charge in [0.15, 0.2) is 0 Å². The maximum Gasteiger partial charge on any atom is 0.253 e. The van der Waals surface area contributed by atoms with E-state index in [2.05, 4.69) is 12.2 Å². The quantitative estimate of drug-likeness (QED) is 0.619. The molecular formula is C16H25N3O. The number of carbonyl (C=O) groups is 1. The second-order valence-corrected chi connectivity index (χ2v) is 5.44. The number of rotatable bonds is 6. The highest BCUT2D eigenvalue weighted by atomic mass is 16.2. The van der Waals surface area contributed by atoms with Gasteiger partial charge in [0.05, 0.1) is 11.4 Å². The number of nitrogens with one attached hydrogen (secondary N) is 1. The van der Waals surface area contributed by atoms with Crippen molar-refractivity contribution in [2.45, 2.75) is 39.0 Å². The van der Waals surface area contributed by atoms with E-state index in [0.29, 0.717) is 11.3 Å². The van der Waals surface area contributed by atoms with Crippen molar-refractivity contribution in [2.75, 3.05) is 30.7 Å². The van der Waals surface area contributed by atoms with Crippen molar-refractivity contribution in [3.05, 3.63) is 23.8 Å². The highest BCUT2D eigenvalue weighted by molar-refractivity contribution is 5.96. The van der Waals surface area contributed by atoms with Crippen molar-refractivity contribution in [3.63, 3.8) is 0 Å². The molecule has 1 aliphatic rings. The third-order valence-electron chi connectivity index (χ3n) is 3.79. The molecule has 2 rings (SSSR count). The fourth-order valence-corrected chi connectivity index (χ4v) is 2.56. The van der Waals surface area contributed by atoms with Crippen LogP contribution < -0.4 is 11.1 Å². The molecule has 0 spiro atoms. The van der Waals surface area contributed by atoms with Crippen LogP contribution in [0.3, 0.4) is 0 Å². The lowest BCUT2D eigenvalue weighted by Gasteiger charge is -2.16. The molecule has 1 saturated heterocycles. The summed E-state index contributed by atoms with van der Waals surface area (Å²) in [5.41, 5.74) is 8.33. The molecule has 4 heteroatoms. The molecule has 1 aromatic rings. The summed E-state index contributed by atoms with van der Waals surface area (Å²) in [5.74, 6) is 0.103. The van der Waals surface area contributed by atoms with Crippen LogP contribution in [0.25, 0.3) is 0 Å². The Morgan fingerprint density at radius 3 is 2.70 bits per heavy atom. The number of unbranched alkanes of at least 4 members (excludes halogenated alkanes) is 2. The van der Waals surface area contributed by atoms with E-state index in [0.717, 1.165) is 44.6 Å². The van der Waals surface area contributed by atoms with Crippen LogP contribution in [0.5, 0.6) is 0 Å². The minimum Gasteiger partial charge on any atom is -0.397 e. The molecule has 1 aliphatic heterocycles. The number of hydrogen-bond donors (Lipinski definition) is 2. The molecule has 20 heavy (non-hydrogen) atoms. The lowest BCUT2D eigenvalue weighted by molar-refractivity contribution is 0.0793. The van der Waals surface area contributed by atoms with Gasteiger partial charge in [-0.25, -0.2) is 0 Å². The van der Waals surface area contributed by atoms with Gasteiger partial charge in [0.1, 0.15) is 0 Å². The van der Waals surface area contributed by atoms with E-state index >= 15 is 0 Å². The smallest absolute Gasteiger partial charge is 0.253 e. The van der Waals surface area contributed by atoms with Crippen LogP contribution in [0.15, 0.2) is 18.2 Å². The van der Waals surface area contributed by atoms with Crippen LogP contribution in [0.1, 0.15) is 49.4 Å². The topological polar surface area (TPSA) is 58.4 Å². The first kappa shape index (κ1) is 14.7. The minimum atomic E-state index is 0.103. The Morgan fingerprint density at radius 2 is 2.05 bits per heavy atom. The van der Waals surface area contributed by atoms with E-state index in [1.54, 1.807) is 6.07 Å². The molecule has 0 radical (unpaired) electrons. The van der Waals surface area contributed by atoms with E-state index in [1.807, 2.05) is 17.0 Å². The molecule has 4 nitrogen and oxygen atoms in total. The fraction of sp³-hybridized carbons (Fsp3) is 0.562. The van der Waals surface area contributed by atoms with Gasteiger partial charge in [-0.05, 0) is 37.5 Å². The molecule has 110 valence electrons. The monoisotopic (exact) mass is 275 g/mol. The lowest BCUT2D eigenvalue weighted by atomic mass is 10.1. The van der Waals surface area contributed by atoms with E-state index in [4.69, 9.17) is 5.73 Å². The summed E-state index contributed by atoms with van der Waals surface area (Å²) in [6.07, 6.45) is 5.79. The number of anilines is 2. The summed E-state index contributed by atoms with van der Waals surface area (Å²) in [6.45, 7) is 4.86. The summed E-state index contributed by atoms with van der Waals surface area (Å²) < 4.78 is 0. The zero-order valence-electron chi connectivity index (χ0n) is 12.3. The van der Waals surface area contributed by atoms with Gasteiger partial charge < -0.3 is 16.0 Å². The van der Waals surface area contributed by atoms with E-state index in [9.17, 15) is 4.79 Å². The van der Waals surface area contributed by atoms with Crippen molar-refractivity contribution >= 4 is 17.3 Å².